The van der Waals surface area contributed by atoms with Crippen LogP contribution >= 0.6 is 0 Å². The number of hydrogen-bond donors (Lipinski definition) is 1. The molecule has 2 amide bonds. The van der Waals surface area contributed by atoms with Crippen LogP contribution in [-0.4, -0.2) is 49.0 Å². The third-order valence-corrected chi connectivity index (χ3v) is 5.59. The van der Waals surface area contributed by atoms with Crippen LogP contribution in [-0.2, 0) is 11.8 Å². The van der Waals surface area contributed by atoms with E-state index in [1.165, 1.54) is 23.1 Å². The van der Waals surface area contributed by atoms with Crippen LogP contribution in [0.15, 0.2) is 30.5 Å². The van der Waals surface area contributed by atoms with Gasteiger partial charge in [0.25, 0.3) is 11.6 Å². The van der Waals surface area contributed by atoms with Gasteiger partial charge in [0.2, 0.25) is 5.91 Å². The van der Waals surface area contributed by atoms with Crippen molar-refractivity contribution in [3.63, 3.8) is 0 Å². The summed E-state index contributed by atoms with van der Waals surface area (Å²) in [7, 11) is 1.81. The van der Waals surface area contributed by atoms with Crippen LogP contribution in [0.4, 0.5) is 11.4 Å². The predicted molar refractivity (Wildman–Crippen MR) is 114 cm³/mol. The number of benzene rings is 1. The van der Waals surface area contributed by atoms with Gasteiger partial charge in [-0.15, -0.1) is 0 Å². The van der Waals surface area contributed by atoms with Gasteiger partial charge in [0.1, 0.15) is 6.04 Å². The first-order valence-electron chi connectivity index (χ1n) is 9.92. The van der Waals surface area contributed by atoms with E-state index in [0.717, 1.165) is 16.7 Å². The molecule has 1 fully saturated rings. The first-order chi connectivity index (χ1) is 14.8. The maximum Gasteiger partial charge on any atom is 0.272 e. The van der Waals surface area contributed by atoms with E-state index in [9.17, 15) is 19.7 Å². The number of anilines is 1. The largest absolute Gasteiger partial charge is 0.327 e. The van der Waals surface area contributed by atoms with E-state index in [-0.39, 0.29) is 17.5 Å². The Morgan fingerprint density at radius 3 is 2.74 bits per heavy atom. The van der Waals surface area contributed by atoms with Gasteiger partial charge in [-0.3, -0.25) is 24.4 Å². The van der Waals surface area contributed by atoms with Crippen molar-refractivity contribution in [3.05, 3.63) is 57.4 Å². The van der Waals surface area contributed by atoms with Crippen molar-refractivity contribution in [1.29, 1.82) is 0 Å². The van der Waals surface area contributed by atoms with E-state index in [1.54, 1.807) is 17.8 Å². The molecule has 10 nitrogen and oxygen atoms in total. The van der Waals surface area contributed by atoms with E-state index in [2.05, 4.69) is 15.4 Å². The van der Waals surface area contributed by atoms with E-state index >= 15 is 0 Å². The summed E-state index contributed by atoms with van der Waals surface area (Å²) in [6.45, 7) is 3.91. The number of carbonyl (C=O) groups excluding carboxylic acids is 2. The molecule has 1 N–H and O–H groups in total. The molecule has 1 unspecified atom stereocenters. The molecule has 0 bridgehead atoms. The third kappa shape index (κ3) is 3.72. The number of likely N-dealkylation sites (tertiary alicyclic amines) is 1. The first kappa shape index (κ1) is 20.5. The van der Waals surface area contributed by atoms with E-state index in [4.69, 9.17) is 0 Å². The molecule has 1 saturated heterocycles. The highest BCUT2D eigenvalue weighted by molar-refractivity contribution is 6.02. The molecule has 4 rings (SSSR count). The predicted octanol–water partition coefficient (Wildman–Crippen LogP) is 2.74. The molecule has 1 aliphatic heterocycles. The number of carbonyl (C=O) groups is 2. The average molecular weight is 422 g/mol. The van der Waals surface area contributed by atoms with Crippen LogP contribution in [0.5, 0.6) is 0 Å². The van der Waals surface area contributed by atoms with Crippen LogP contribution in [0, 0.1) is 24.0 Å². The van der Waals surface area contributed by atoms with Crippen LogP contribution in [0.1, 0.15) is 34.5 Å². The Balaban J connectivity index is 1.53. The Morgan fingerprint density at radius 2 is 2.03 bits per heavy atom. The molecular weight excluding hydrogens is 400 g/mol. The summed E-state index contributed by atoms with van der Waals surface area (Å²) in [5.41, 5.74) is 2.77. The summed E-state index contributed by atoms with van der Waals surface area (Å²) >= 11 is 0. The molecule has 10 heteroatoms. The molecule has 1 atom stereocenters. The number of nitro benzene ring substituents is 1. The summed E-state index contributed by atoms with van der Waals surface area (Å²) in [4.78, 5) is 42.4. The summed E-state index contributed by atoms with van der Waals surface area (Å²) in [6.07, 6.45) is 2.82. The van der Waals surface area contributed by atoms with Gasteiger partial charge in [-0.1, -0.05) is 0 Å². The van der Waals surface area contributed by atoms with Gasteiger partial charge < -0.3 is 10.2 Å². The minimum Gasteiger partial charge on any atom is -0.327 e. The standard InChI is InChI=1S/C21H22N6O4/c1-12-9-14(6-7-17(12)27(30)31)21(29)26-8-4-5-18(26)20(28)23-15-10-16-13(2)24-25(3)19(16)22-11-15/h6-7,9-11,18H,4-5,8H2,1-3H3,(H,23,28). The Hall–Kier alpha value is -3.82. The lowest BCUT2D eigenvalue weighted by atomic mass is 10.1. The van der Waals surface area contributed by atoms with Gasteiger partial charge in [0.15, 0.2) is 5.65 Å². The van der Waals surface area contributed by atoms with Gasteiger partial charge in [-0.05, 0) is 44.9 Å². The van der Waals surface area contributed by atoms with Gasteiger partial charge in [0, 0.05) is 36.2 Å². The summed E-state index contributed by atoms with van der Waals surface area (Å²) in [5, 5.41) is 19.1. The minimum absolute atomic E-state index is 0.0409. The highest BCUT2D eigenvalue weighted by atomic mass is 16.6. The van der Waals surface area contributed by atoms with Crippen molar-refractivity contribution < 1.29 is 14.5 Å². The maximum absolute atomic E-state index is 13.0. The van der Waals surface area contributed by atoms with Crippen molar-refractivity contribution in [3.8, 4) is 0 Å². The molecule has 0 spiro atoms. The Morgan fingerprint density at radius 1 is 1.26 bits per heavy atom. The number of rotatable bonds is 4. The lowest BCUT2D eigenvalue weighted by Crippen LogP contribution is -2.43. The van der Waals surface area contributed by atoms with Gasteiger partial charge in [0.05, 0.1) is 22.5 Å². The molecule has 3 aromatic rings. The zero-order chi connectivity index (χ0) is 22.3. The van der Waals surface area contributed by atoms with Crippen LogP contribution in [0.2, 0.25) is 0 Å². The number of fused-ring (bicyclic) bond motifs is 1. The van der Waals surface area contributed by atoms with Crippen LogP contribution < -0.4 is 5.32 Å². The molecule has 2 aromatic heterocycles. The number of nitrogens with one attached hydrogen (secondary N) is 1. The molecular formula is C21H22N6O4. The van der Waals surface area contributed by atoms with Crippen molar-refractivity contribution in [2.45, 2.75) is 32.7 Å². The van der Waals surface area contributed by atoms with E-state index in [0.29, 0.717) is 36.2 Å². The van der Waals surface area contributed by atoms with E-state index < -0.39 is 11.0 Å². The fourth-order valence-corrected chi connectivity index (χ4v) is 4.04. The zero-order valence-electron chi connectivity index (χ0n) is 17.5. The fraction of sp³-hybridized carbons (Fsp3) is 0.333. The molecule has 31 heavy (non-hydrogen) atoms. The Kier molecular flexibility index (Phi) is 5.14. The third-order valence-electron chi connectivity index (χ3n) is 5.59. The molecule has 0 radical (unpaired) electrons. The number of amides is 2. The second-order valence-corrected chi connectivity index (χ2v) is 7.71. The smallest absolute Gasteiger partial charge is 0.272 e. The topological polar surface area (TPSA) is 123 Å². The maximum atomic E-state index is 13.0. The summed E-state index contributed by atoms with van der Waals surface area (Å²) in [5.74, 6) is -0.598. The van der Waals surface area contributed by atoms with Crippen LogP contribution in [0.25, 0.3) is 11.0 Å². The lowest BCUT2D eigenvalue weighted by Gasteiger charge is -2.24. The highest BCUT2D eigenvalue weighted by Gasteiger charge is 2.35. The number of nitro groups is 1. The lowest BCUT2D eigenvalue weighted by molar-refractivity contribution is -0.385. The number of aryl methyl sites for hydroxylation is 3. The van der Waals surface area contributed by atoms with E-state index in [1.807, 2.05) is 20.0 Å². The fourth-order valence-electron chi connectivity index (χ4n) is 4.04. The molecule has 0 aliphatic carbocycles. The number of aromatic nitrogens is 3. The number of pyridine rings is 1. The molecule has 1 aliphatic rings. The van der Waals surface area contributed by atoms with Gasteiger partial charge in [-0.2, -0.15) is 5.10 Å². The average Bonchev–Trinajstić information content (AvgIpc) is 3.32. The van der Waals surface area contributed by atoms with Crippen molar-refractivity contribution in [2.75, 3.05) is 11.9 Å². The van der Waals surface area contributed by atoms with Gasteiger partial charge in [-0.25, -0.2) is 4.98 Å². The number of nitrogens with zero attached hydrogens (tertiary/aromatic N) is 5. The van der Waals surface area contributed by atoms with Crippen LogP contribution in [0.3, 0.4) is 0 Å². The molecule has 1 aromatic carbocycles. The second-order valence-electron chi connectivity index (χ2n) is 7.71. The monoisotopic (exact) mass is 422 g/mol. The highest BCUT2D eigenvalue weighted by Crippen LogP contribution is 2.25. The quantitative estimate of drug-likeness (QED) is 0.509. The SMILES string of the molecule is Cc1cc(C(=O)N2CCCC2C(=O)Nc2cnc3c(c2)c(C)nn3C)ccc1[N+](=O)[O-]. The van der Waals surface area contributed by atoms with Crippen molar-refractivity contribution in [2.24, 2.45) is 7.05 Å². The first-order valence-corrected chi connectivity index (χ1v) is 9.92. The Labute approximate surface area is 178 Å². The number of hydrogen-bond acceptors (Lipinski definition) is 6. The summed E-state index contributed by atoms with van der Waals surface area (Å²) in [6, 6.07) is 5.46. The Bertz CT molecular complexity index is 1220. The molecule has 3 heterocycles. The van der Waals surface area contributed by atoms with Crippen molar-refractivity contribution >= 4 is 34.2 Å². The normalized spacial score (nSPS) is 16.0. The minimum atomic E-state index is -0.617. The zero-order valence-corrected chi connectivity index (χ0v) is 17.5. The second kappa shape index (κ2) is 7.78. The molecule has 160 valence electrons. The molecule has 0 saturated carbocycles. The summed E-state index contributed by atoms with van der Waals surface area (Å²) < 4.78 is 1.68. The van der Waals surface area contributed by atoms with Gasteiger partial charge >= 0.3 is 0 Å². The van der Waals surface area contributed by atoms with Crippen molar-refractivity contribution in [1.82, 2.24) is 19.7 Å².